The molecule has 0 bridgehead atoms. The van der Waals surface area contributed by atoms with Gasteiger partial charge in [0.1, 0.15) is 12.4 Å². The standard InChI is InChI=1S/C15H20O3S/c1-17-10-3-12-19-13-11-18-15-7-5-14(6-8-15)4-2-9-16/h5-8,16H,3,9-13H2,1H3. The maximum atomic E-state index is 8.59. The minimum Gasteiger partial charge on any atom is -0.493 e. The van der Waals surface area contributed by atoms with Crippen LogP contribution in [-0.2, 0) is 4.74 Å². The Morgan fingerprint density at radius 1 is 1.16 bits per heavy atom. The van der Waals surface area contributed by atoms with Gasteiger partial charge in [-0.05, 0) is 36.4 Å². The Hall–Kier alpha value is -1.15. The second kappa shape index (κ2) is 10.7. The van der Waals surface area contributed by atoms with Crippen LogP contribution in [0.5, 0.6) is 5.75 Å². The number of aliphatic hydroxyl groups is 1. The van der Waals surface area contributed by atoms with E-state index in [0.717, 1.165) is 35.8 Å². The minimum atomic E-state index is -0.113. The summed E-state index contributed by atoms with van der Waals surface area (Å²) in [6.45, 7) is 1.42. The minimum absolute atomic E-state index is 0.113. The molecule has 1 aromatic rings. The predicted molar refractivity (Wildman–Crippen MR) is 79.7 cm³/mol. The molecule has 104 valence electrons. The van der Waals surface area contributed by atoms with E-state index in [-0.39, 0.29) is 6.61 Å². The summed E-state index contributed by atoms with van der Waals surface area (Å²) in [5, 5.41) is 8.59. The van der Waals surface area contributed by atoms with Crippen molar-refractivity contribution in [1.29, 1.82) is 0 Å². The molecule has 19 heavy (non-hydrogen) atoms. The van der Waals surface area contributed by atoms with Crippen LogP contribution < -0.4 is 4.74 Å². The van der Waals surface area contributed by atoms with Crippen LogP contribution >= 0.6 is 11.8 Å². The molecule has 1 N–H and O–H groups in total. The van der Waals surface area contributed by atoms with Gasteiger partial charge in [-0.2, -0.15) is 11.8 Å². The lowest BCUT2D eigenvalue weighted by Gasteiger charge is -2.06. The molecule has 0 saturated heterocycles. The van der Waals surface area contributed by atoms with Crippen LogP contribution in [0, 0.1) is 11.8 Å². The molecule has 0 aliphatic carbocycles. The third-order valence-electron chi connectivity index (χ3n) is 2.30. The van der Waals surface area contributed by atoms with E-state index in [1.807, 2.05) is 36.0 Å². The average molecular weight is 280 g/mol. The van der Waals surface area contributed by atoms with Gasteiger partial charge in [-0.25, -0.2) is 0 Å². The Morgan fingerprint density at radius 2 is 1.95 bits per heavy atom. The number of hydrogen-bond donors (Lipinski definition) is 1. The zero-order valence-corrected chi connectivity index (χ0v) is 12.0. The van der Waals surface area contributed by atoms with Crippen molar-refractivity contribution in [2.45, 2.75) is 6.42 Å². The molecule has 0 aliphatic heterocycles. The zero-order valence-electron chi connectivity index (χ0n) is 11.2. The van der Waals surface area contributed by atoms with Gasteiger partial charge in [0.2, 0.25) is 0 Å². The van der Waals surface area contributed by atoms with Gasteiger partial charge in [0, 0.05) is 25.0 Å². The maximum Gasteiger partial charge on any atom is 0.119 e. The van der Waals surface area contributed by atoms with Crippen molar-refractivity contribution in [2.24, 2.45) is 0 Å². The van der Waals surface area contributed by atoms with Gasteiger partial charge in [-0.15, -0.1) is 0 Å². The molecule has 0 spiro atoms. The molecule has 0 amide bonds. The van der Waals surface area contributed by atoms with Crippen LogP contribution in [0.15, 0.2) is 24.3 Å². The van der Waals surface area contributed by atoms with Crippen LogP contribution in [0.25, 0.3) is 0 Å². The first kappa shape index (κ1) is 15.9. The van der Waals surface area contributed by atoms with Gasteiger partial charge in [-0.3, -0.25) is 0 Å². The quantitative estimate of drug-likeness (QED) is 0.585. The number of methoxy groups -OCH3 is 1. The first-order chi connectivity index (χ1) is 9.36. The van der Waals surface area contributed by atoms with Crippen molar-refractivity contribution in [3.05, 3.63) is 29.8 Å². The monoisotopic (exact) mass is 280 g/mol. The fourth-order valence-corrected chi connectivity index (χ4v) is 2.13. The Kier molecular flexibility index (Phi) is 8.99. The highest BCUT2D eigenvalue weighted by atomic mass is 32.2. The summed E-state index contributed by atoms with van der Waals surface area (Å²) in [6, 6.07) is 7.58. The highest BCUT2D eigenvalue weighted by molar-refractivity contribution is 7.99. The predicted octanol–water partition coefficient (Wildman–Crippen LogP) is 2.18. The molecule has 0 aromatic heterocycles. The van der Waals surface area contributed by atoms with Crippen molar-refractivity contribution >= 4 is 11.8 Å². The SMILES string of the molecule is COCCCSCCOc1ccc(C#CCO)cc1. The summed E-state index contributed by atoms with van der Waals surface area (Å²) >= 11 is 1.87. The number of benzene rings is 1. The number of ether oxygens (including phenoxy) is 2. The molecule has 0 unspecified atom stereocenters. The molecule has 1 aromatic carbocycles. The van der Waals surface area contributed by atoms with E-state index in [1.54, 1.807) is 7.11 Å². The van der Waals surface area contributed by atoms with E-state index in [0.29, 0.717) is 6.61 Å². The molecule has 3 nitrogen and oxygen atoms in total. The fourth-order valence-electron chi connectivity index (χ4n) is 1.40. The Labute approximate surface area is 119 Å². The topological polar surface area (TPSA) is 38.7 Å². The van der Waals surface area contributed by atoms with Crippen molar-refractivity contribution < 1.29 is 14.6 Å². The van der Waals surface area contributed by atoms with E-state index in [4.69, 9.17) is 14.6 Å². The highest BCUT2D eigenvalue weighted by Crippen LogP contribution is 2.12. The summed E-state index contributed by atoms with van der Waals surface area (Å²) in [5.41, 5.74) is 0.885. The van der Waals surface area contributed by atoms with Crippen molar-refractivity contribution in [3.8, 4) is 17.6 Å². The summed E-state index contributed by atoms with van der Waals surface area (Å²) in [7, 11) is 1.72. The van der Waals surface area contributed by atoms with Gasteiger partial charge in [0.15, 0.2) is 0 Å². The molecule has 0 heterocycles. The summed E-state index contributed by atoms with van der Waals surface area (Å²) in [4.78, 5) is 0. The van der Waals surface area contributed by atoms with E-state index in [9.17, 15) is 0 Å². The maximum absolute atomic E-state index is 8.59. The first-order valence-electron chi connectivity index (χ1n) is 6.26. The van der Waals surface area contributed by atoms with E-state index in [2.05, 4.69) is 11.8 Å². The summed E-state index contributed by atoms with van der Waals surface area (Å²) < 4.78 is 10.6. The zero-order chi connectivity index (χ0) is 13.8. The number of rotatable bonds is 8. The molecule has 1 rings (SSSR count). The third-order valence-corrected chi connectivity index (χ3v) is 3.33. The van der Waals surface area contributed by atoms with E-state index in [1.165, 1.54) is 0 Å². The lowest BCUT2D eigenvalue weighted by molar-refractivity contribution is 0.200. The Bertz CT molecular complexity index is 392. The van der Waals surface area contributed by atoms with E-state index < -0.39 is 0 Å². The van der Waals surface area contributed by atoms with Gasteiger partial charge in [0.05, 0.1) is 6.61 Å². The molecule has 0 aliphatic rings. The number of hydrogen-bond acceptors (Lipinski definition) is 4. The smallest absolute Gasteiger partial charge is 0.119 e. The van der Waals surface area contributed by atoms with Crippen LogP contribution in [0.1, 0.15) is 12.0 Å². The largest absolute Gasteiger partial charge is 0.493 e. The Balaban J connectivity index is 2.16. The van der Waals surface area contributed by atoms with Crippen LogP contribution in [0.4, 0.5) is 0 Å². The fraction of sp³-hybridized carbons (Fsp3) is 0.467. The molecule has 0 atom stereocenters. The summed E-state index contributed by atoms with van der Waals surface area (Å²) in [6.07, 6.45) is 1.08. The number of thioether (sulfide) groups is 1. The molecular weight excluding hydrogens is 260 g/mol. The molecular formula is C15H20O3S. The first-order valence-corrected chi connectivity index (χ1v) is 7.41. The lowest BCUT2D eigenvalue weighted by Crippen LogP contribution is -2.01. The lowest BCUT2D eigenvalue weighted by atomic mass is 10.2. The Morgan fingerprint density at radius 3 is 2.63 bits per heavy atom. The van der Waals surface area contributed by atoms with Gasteiger partial charge in [-0.1, -0.05) is 11.8 Å². The molecule has 0 radical (unpaired) electrons. The van der Waals surface area contributed by atoms with Crippen LogP contribution in [0.3, 0.4) is 0 Å². The van der Waals surface area contributed by atoms with Crippen molar-refractivity contribution in [2.75, 3.05) is 38.4 Å². The summed E-state index contributed by atoms with van der Waals surface area (Å²) in [5.74, 6) is 8.40. The second-order valence-electron chi connectivity index (χ2n) is 3.79. The molecule has 4 heteroatoms. The highest BCUT2D eigenvalue weighted by Gasteiger charge is 1.95. The number of aliphatic hydroxyl groups excluding tert-OH is 1. The van der Waals surface area contributed by atoms with Gasteiger partial charge >= 0.3 is 0 Å². The molecule has 0 saturated carbocycles. The average Bonchev–Trinajstić information content (AvgIpc) is 2.45. The molecule has 0 fully saturated rings. The second-order valence-corrected chi connectivity index (χ2v) is 5.02. The van der Waals surface area contributed by atoms with Crippen molar-refractivity contribution in [3.63, 3.8) is 0 Å². The van der Waals surface area contributed by atoms with Gasteiger partial charge < -0.3 is 14.6 Å². The van der Waals surface area contributed by atoms with Crippen LogP contribution in [0.2, 0.25) is 0 Å². The normalized spacial score (nSPS) is 9.79. The van der Waals surface area contributed by atoms with Crippen LogP contribution in [-0.4, -0.2) is 43.5 Å². The third kappa shape index (κ3) is 7.78. The van der Waals surface area contributed by atoms with Crippen molar-refractivity contribution in [1.82, 2.24) is 0 Å². The van der Waals surface area contributed by atoms with Gasteiger partial charge in [0.25, 0.3) is 0 Å². The van der Waals surface area contributed by atoms with E-state index >= 15 is 0 Å².